The van der Waals surface area contributed by atoms with Crippen molar-refractivity contribution in [2.45, 2.75) is 0 Å². The number of fused-ring (bicyclic) bond motifs is 1. The van der Waals surface area contributed by atoms with E-state index in [-0.39, 0.29) is 19.1 Å². The van der Waals surface area contributed by atoms with Gasteiger partial charge in [0.2, 0.25) is 0 Å². The number of pyridine rings is 1. The van der Waals surface area contributed by atoms with Crippen molar-refractivity contribution >= 4 is 16.8 Å². The van der Waals surface area contributed by atoms with Crippen molar-refractivity contribution in [3.63, 3.8) is 0 Å². The molecule has 1 amide bonds. The first-order valence-electron chi connectivity index (χ1n) is 7.69. The molecule has 0 aliphatic heterocycles. The van der Waals surface area contributed by atoms with Gasteiger partial charge in [0, 0.05) is 18.5 Å². The van der Waals surface area contributed by atoms with Crippen LogP contribution in [0, 0.1) is 0 Å². The molecule has 2 heterocycles. The summed E-state index contributed by atoms with van der Waals surface area (Å²) in [7, 11) is 0. The highest BCUT2D eigenvalue weighted by atomic mass is 16.3. The third-order valence-corrected chi connectivity index (χ3v) is 3.73. The molecule has 0 fully saturated rings. The third kappa shape index (κ3) is 3.07. The average molecular weight is 322 g/mol. The maximum absolute atomic E-state index is 13.0. The Balaban J connectivity index is 2.14. The zero-order valence-electron chi connectivity index (χ0n) is 13.2. The van der Waals surface area contributed by atoms with E-state index in [1.54, 1.807) is 35.4 Å². The van der Waals surface area contributed by atoms with Gasteiger partial charge in [0.1, 0.15) is 5.69 Å². The first-order valence-corrected chi connectivity index (χ1v) is 7.69. The lowest BCUT2D eigenvalue weighted by Gasteiger charge is -2.21. The second kappa shape index (κ2) is 7.10. The summed E-state index contributed by atoms with van der Waals surface area (Å²) >= 11 is 0. The summed E-state index contributed by atoms with van der Waals surface area (Å²) in [6.45, 7) is 4.19. The first-order chi connectivity index (χ1) is 11.7. The van der Waals surface area contributed by atoms with Gasteiger partial charge in [-0.15, -0.1) is 6.58 Å². The molecular weight excluding hydrogens is 304 g/mol. The van der Waals surface area contributed by atoms with Crippen LogP contribution in [0.3, 0.4) is 0 Å². The molecule has 1 N–H and O–H groups in total. The number of furan rings is 1. The summed E-state index contributed by atoms with van der Waals surface area (Å²) in [5, 5.41) is 9.99. The number of benzene rings is 1. The Hall–Kier alpha value is -2.92. The van der Waals surface area contributed by atoms with Crippen LogP contribution in [-0.2, 0) is 0 Å². The van der Waals surface area contributed by atoms with Crippen LogP contribution in [0.25, 0.3) is 22.4 Å². The van der Waals surface area contributed by atoms with Gasteiger partial charge >= 0.3 is 0 Å². The van der Waals surface area contributed by atoms with Gasteiger partial charge in [-0.25, -0.2) is 4.98 Å². The van der Waals surface area contributed by atoms with Gasteiger partial charge in [0.05, 0.1) is 24.0 Å². The van der Waals surface area contributed by atoms with E-state index in [1.165, 1.54) is 0 Å². The molecule has 5 nitrogen and oxygen atoms in total. The lowest BCUT2D eigenvalue weighted by Crippen LogP contribution is -2.33. The molecule has 2 aromatic heterocycles. The van der Waals surface area contributed by atoms with Crippen LogP contribution in [0.1, 0.15) is 10.4 Å². The van der Waals surface area contributed by atoms with Crippen LogP contribution in [0.5, 0.6) is 0 Å². The monoisotopic (exact) mass is 322 g/mol. The number of carbonyl (C=O) groups excluding carboxylic acids is 1. The largest absolute Gasteiger partial charge is 0.463 e. The average Bonchev–Trinajstić information content (AvgIpc) is 3.14. The molecule has 0 atom stereocenters. The van der Waals surface area contributed by atoms with Crippen molar-refractivity contribution in [2.24, 2.45) is 0 Å². The van der Waals surface area contributed by atoms with Crippen LogP contribution < -0.4 is 0 Å². The minimum Gasteiger partial charge on any atom is -0.463 e. The normalized spacial score (nSPS) is 10.7. The van der Waals surface area contributed by atoms with Crippen LogP contribution in [0.4, 0.5) is 0 Å². The maximum atomic E-state index is 13.0. The van der Waals surface area contributed by atoms with E-state index >= 15 is 0 Å². The highest BCUT2D eigenvalue weighted by Crippen LogP contribution is 2.26. The van der Waals surface area contributed by atoms with Crippen LogP contribution in [-0.4, -0.2) is 40.6 Å². The van der Waals surface area contributed by atoms with Crippen LogP contribution >= 0.6 is 0 Å². The van der Waals surface area contributed by atoms with E-state index in [4.69, 9.17) is 4.42 Å². The zero-order chi connectivity index (χ0) is 16.9. The Bertz CT molecular complexity index is 856. The van der Waals surface area contributed by atoms with E-state index in [1.807, 2.05) is 24.3 Å². The molecule has 5 heteroatoms. The summed E-state index contributed by atoms with van der Waals surface area (Å²) < 4.78 is 5.42. The molecule has 3 aromatic rings. The molecule has 0 bridgehead atoms. The maximum Gasteiger partial charge on any atom is 0.254 e. The lowest BCUT2D eigenvalue weighted by atomic mass is 10.1. The summed E-state index contributed by atoms with van der Waals surface area (Å²) in [5.74, 6) is 0.433. The van der Waals surface area contributed by atoms with E-state index < -0.39 is 0 Å². The Morgan fingerprint density at radius 1 is 1.29 bits per heavy atom. The molecule has 24 heavy (non-hydrogen) atoms. The van der Waals surface area contributed by atoms with E-state index in [0.29, 0.717) is 23.6 Å². The second-order valence-corrected chi connectivity index (χ2v) is 5.31. The molecule has 0 radical (unpaired) electrons. The Labute approximate surface area is 139 Å². The first kappa shape index (κ1) is 16.0. The Kier molecular flexibility index (Phi) is 4.72. The van der Waals surface area contributed by atoms with E-state index in [0.717, 1.165) is 10.9 Å². The number of amides is 1. The number of aliphatic hydroxyl groups excluding tert-OH is 1. The summed E-state index contributed by atoms with van der Waals surface area (Å²) in [5.41, 5.74) is 1.85. The van der Waals surface area contributed by atoms with Gasteiger partial charge in [0.25, 0.3) is 5.91 Å². The quantitative estimate of drug-likeness (QED) is 0.708. The van der Waals surface area contributed by atoms with Gasteiger partial charge in [-0.05, 0) is 24.3 Å². The summed E-state index contributed by atoms with van der Waals surface area (Å²) in [6, 6.07) is 12.8. The lowest BCUT2D eigenvalue weighted by molar-refractivity contribution is 0.0745. The predicted molar refractivity (Wildman–Crippen MR) is 92.6 cm³/mol. The van der Waals surface area contributed by atoms with Crippen molar-refractivity contribution in [1.82, 2.24) is 9.88 Å². The zero-order valence-corrected chi connectivity index (χ0v) is 13.2. The number of hydrogen-bond donors (Lipinski definition) is 1. The van der Waals surface area contributed by atoms with Gasteiger partial charge in [-0.1, -0.05) is 24.3 Å². The van der Waals surface area contributed by atoms with Crippen molar-refractivity contribution < 1.29 is 14.3 Å². The van der Waals surface area contributed by atoms with Crippen molar-refractivity contribution in [3.8, 4) is 11.5 Å². The third-order valence-electron chi connectivity index (χ3n) is 3.73. The number of aromatic nitrogens is 1. The molecule has 1 aromatic carbocycles. The number of hydrogen-bond acceptors (Lipinski definition) is 4. The van der Waals surface area contributed by atoms with Crippen molar-refractivity contribution in [3.05, 3.63) is 66.9 Å². The number of aliphatic hydroxyl groups is 1. The SMILES string of the molecule is C=CCN(CCO)C(=O)c1cc(-c2ccco2)nc2ccccc12. The molecular formula is C19H18N2O3. The molecule has 0 saturated carbocycles. The molecule has 0 saturated heterocycles. The molecule has 0 unspecified atom stereocenters. The smallest absolute Gasteiger partial charge is 0.254 e. The molecule has 3 rings (SSSR count). The van der Waals surface area contributed by atoms with E-state index in [9.17, 15) is 9.90 Å². The minimum absolute atomic E-state index is 0.104. The summed E-state index contributed by atoms with van der Waals surface area (Å²) in [6.07, 6.45) is 3.22. The van der Waals surface area contributed by atoms with Crippen LogP contribution in [0.2, 0.25) is 0 Å². The Morgan fingerprint density at radius 3 is 2.83 bits per heavy atom. The number of nitrogens with zero attached hydrogens (tertiary/aromatic N) is 2. The highest BCUT2D eigenvalue weighted by Gasteiger charge is 2.19. The van der Waals surface area contributed by atoms with Gasteiger partial charge in [-0.2, -0.15) is 0 Å². The van der Waals surface area contributed by atoms with Crippen molar-refractivity contribution in [1.29, 1.82) is 0 Å². The number of carbonyl (C=O) groups is 1. The second-order valence-electron chi connectivity index (χ2n) is 5.31. The standard InChI is InChI=1S/C19H18N2O3/c1-2-9-21(10-11-22)19(23)15-13-17(18-8-5-12-24-18)20-16-7-4-3-6-14(15)16/h2-8,12-13,22H,1,9-11H2. The van der Waals surface area contributed by atoms with E-state index in [2.05, 4.69) is 11.6 Å². The van der Waals surface area contributed by atoms with Gasteiger partial charge in [0.15, 0.2) is 5.76 Å². The number of para-hydroxylation sites is 1. The predicted octanol–water partition coefficient (Wildman–Crippen LogP) is 3.12. The topological polar surface area (TPSA) is 66.6 Å². The minimum atomic E-state index is -0.171. The Morgan fingerprint density at radius 2 is 2.12 bits per heavy atom. The fourth-order valence-electron chi connectivity index (χ4n) is 2.63. The molecule has 0 aliphatic rings. The molecule has 0 aliphatic carbocycles. The molecule has 122 valence electrons. The summed E-state index contributed by atoms with van der Waals surface area (Å²) in [4.78, 5) is 19.1. The molecule has 0 spiro atoms. The van der Waals surface area contributed by atoms with Gasteiger partial charge < -0.3 is 14.4 Å². The fourth-order valence-corrected chi connectivity index (χ4v) is 2.63. The fraction of sp³-hybridized carbons (Fsp3) is 0.158. The van der Waals surface area contributed by atoms with Crippen LogP contribution in [0.15, 0.2) is 65.8 Å². The number of rotatable bonds is 6. The highest BCUT2D eigenvalue weighted by molar-refractivity contribution is 6.07. The van der Waals surface area contributed by atoms with Gasteiger partial charge in [-0.3, -0.25) is 4.79 Å². The van der Waals surface area contributed by atoms with Crippen molar-refractivity contribution in [2.75, 3.05) is 19.7 Å².